The average molecular weight is 728 g/mol. The van der Waals surface area contributed by atoms with Crippen molar-refractivity contribution in [1.82, 2.24) is 9.57 Å². The summed E-state index contributed by atoms with van der Waals surface area (Å²) in [4.78, 5) is 23.1. The molecule has 0 N–H and O–H groups in total. The molecule has 0 bridgehead atoms. The lowest BCUT2D eigenvalue weighted by Gasteiger charge is -2.36. The van der Waals surface area contributed by atoms with Crippen LogP contribution in [0.4, 0.5) is 11.4 Å². The number of carbonyl (C=O) groups excluding carboxylic acids is 1. The van der Waals surface area contributed by atoms with Gasteiger partial charge in [0.05, 0.1) is 6.61 Å². The summed E-state index contributed by atoms with van der Waals surface area (Å²) in [6.07, 6.45) is 8.83. The van der Waals surface area contributed by atoms with Gasteiger partial charge in [-0.2, -0.15) is 0 Å². The van der Waals surface area contributed by atoms with Gasteiger partial charge in [0, 0.05) is 81.8 Å². The van der Waals surface area contributed by atoms with Crippen molar-refractivity contribution >= 4 is 37.1 Å². The molecular formula is C42H60N6O3P+. The zero-order valence-corrected chi connectivity index (χ0v) is 33.8. The molecule has 1 aliphatic heterocycles. The van der Waals surface area contributed by atoms with Crippen LogP contribution in [-0.2, 0) is 13.8 Å². The van der Waals surface area contributed by atoms with Crippen molar-refractivity contribution in [3.63, 3.8) is 0 Å². The average Bonchev–Trinajstić information content (AvgIpc) is 3.11. The molecule has 4 rings (SSSR count). The van der Waals surface area contributed by atoms with Crippen LogP contribution in [0, 0.1) is 6.57 Å². The third-order valence-corrected chi connectivity index (χ3v) is 11.5. The monoisotopic (exact) mass is 727 g/mol. The summed E-state index contributed by atoms with van der Waals surface area (Å²) in [5, 5.41) is 0. The van der Waals surface area contributed by atoms with Crippen LogP contribution in [-0.4, -0.2) is 112 Å². The molecule has 2 aliphatic rings. The summed E-state index contributed by atoms with van der Waals surface area (Å²) >= 11 is 0. The predicted octanol–water partition coefficient (Wildman–Crippen LogP) is 7.90. The molecule has 1 heterocycles. The van der Waals surface area contributed by atoms with E-state index in [0.29, 0.717) is 26.2 Å². The fourth-order valence-corrected chi connectivity index (χ4v) is 8.40. The van der Waals surface area contributed by atoms with Crippen LogP contribution < -0.4 is 9.80 Å². The number of carbonyl (C=O) groups is 1. The molecule has 9 nitrogen and oxygen atoms in total. The molecular weight excluding hydrogens is 667 g/mol. The van der Waals surface area contributed by atoms with Crippen LogP contribution in [0.5, 0.6) is 0 Å². The third kappa shape index (κ3) is 11.1. The zero-order chi connectivity index (χ0) is 37.8. The Labute approximate surface area is 314 Å². The molecule has 0 radical (unpaired) electrons. The van der Waals surface area contributed by atoms with Crippen molar-refractivity contribution in [3.8, 4) is 0 Å². The first-order valence-corrected chi connectivity index (χ1v) is 19.8. The largest absolute Gasteiger partial charge is 0.378 e. The molecule has 1 amide bonds. The topological polar surface area (TPSA) is 55.9 Å². The summed E-state index contributed by atoms with van der Waals surface area (Å²) in [7, 11) is 7.06. The van der Waals surface area contributed by atoms with E-state index in [1.54, 1.807) is 0 Å². The van der Waals surface area contributed by atoms with Gasteiger partial charge in [-0.25, -0.2) is 15.8 Å². The number of unbranched alkanes of at least 4 members (excludes halogenated alkanes) is 1. The Kier molecular flexibility index (Phi) is 15.7. The Bertz CT molecular complexity index is 1630. The van der Waals surface area contributed by atoms with Gasteiger partial charge in [0.1, 0.15) is 20.7 Å². The Hall–Kier alpha value is -3.80. The van der Waals surface area contributed by atoms with E-state index in [4.69, 9.17) is 15.6 Å². The fraction of sp³-hybridized carbons (Fsp3) is 0.500. The second kappa shape index (κ2) is 19.9. The van der Waals surface area contributed by atoms with E-state index in [0.717, 1.165) is 39.0 Å². The van der Waals surface area contributed by atoms with Crippen LogP contribution in [0.15, 0.2) is 77.9 Å². The molecule has 52 heavy (non-hydrogen) atoms. The van der Waals surface area contributed by atoms with E-state index >= 15 is 0 Å². The molecule has 0 aromatic heterocycles. The number of hydrogen-bond acceptors (Lipinski definition) is 6. The predicted molar refractivity (Wildman–Crippen MR) is 218 cm³/mol. The van der Waals surface area contributed by atoms with Gasteiger partial charge >= 0.3 is 0 Å². The van der Waals surface area contributed by atoms with Crippen LogP contribution >= 0.6 is 8.53 Å². The molecule has 280 valence electrons. The van der Waals surface area contributed by atoms with Crippen molar-refractivity contribution in [1.29, 1.82) is 0 Å². The number of piperazine rings is 1. The zero-order valence-electron chi connectivity index (χ0n) is 32.9. The third-order valence-electron chi connectivity index (χ3n) is 9.43. The minimum absolute atomic E-state index is 0.215. The highest BCUT2D eigenvalue weighted by Crippen LogP contribution is 2.46. The maximum absolute atomic E-state index is 13.1. The molecule has 1 saturated heterocycles. The van der Waals surface area contributed by atoms with Crippen molar-refractivity contribution in [2.75, 3.05) is 83.9 Å². The Morgan fingerprint density at radius 3 is 2.02 bits per heavy atom. The first-order chi connectivity index (χ1) is 24.9. The number of benzene rings is 2. The lowest BCUT2D eigenvalue weighted by atomic mass is 9.89. The number of hydrogen-bond donors (Lipinski definition) is 0. The minimum Gasteiger partial charge on any atom is -0.378 e. The molecule has 2 aromatic carbocycles. The first kappa shape index (κ1) is 41.0. The van der Waals surface area contributed by atoms with Gasteiger partial charge in [0.15, 0.2) is 0 Å². The van der Waals surface area contributed by atoms with Gasteiger partial charge in [-0.1, -0.05) is 24.3 Å². The van der Waals surface area contributed by atoms with Crippen molar-refractivity contribution in [3.05, 3.63) is 100 Å². The SMILES string of the molecule is [C-]#[N+]CCOP(OCCCCC(=O)N1CCN(c2ccc(/C(=C3/C=CC(=[N+](C)C)C(C)=C3)c3ccc(N(C)C)cc3)cc2)CC1)N(C(C)C)C(C)C. The molecule has 2 aromatic rings. The fourth-order valence-electron chi connectivity index (χ4n) is 6.78. The first-order valence-electron chi connectivity index (χ1n) is 18.6. The molecule has 1 atom stereocenters. The van der Waals surface area contributed by atoms with E-state index in [-0.39, 0.29) is 18.0 Å². The van der Waals surface area contributed by atoms with Crippen molar-refractivity contribution in [2.45, 2.75) is 66.0 Å². The van der Waals surface area contributed by atoms with Crippen LogP contribution in [0.1, 0.15) is 65.0 Å². The van der Waals surface area contributed by atoms with Gasteiger partial charge in [-0.3, -0.25) is 4.79 Å². The van der Waals surface area contributed by atoms with Gasteiger partial charge in [-0.05, 0) is 106 Å². The maximum atomic E-state index is 13.1. The molecule has 1 fully saturated rings. The minimum atomic E-state index is -1.24. The standard InChI is InChI=1S/C42H60N6O3P/c1-32(2)48(33(3)4)52(51-30-24-43-6)50-29-12-11-13-41(49)47-27-25-46(26-28-47)39-21-16-36(17-22-39)42(35-14-19-38(20-15-35)44(7)8)37-18-23-40(45(9)10)34(5)31-37/h14-23,31-33H,11-13,24-30H2,1-5,7-10H3/q+1. The van der Waals surface area contributed by atoms with Gasteiger partial charge in [0.2, 0.25) is 18.2 Å². The summed E-state index contributed by atoms with van der Waals surface area (Å²) in [5.41, 5.74) is 9.61. The van der Waals surface area contributed by atoms with Crippen LogP contribution in [0.2, 0.25) is 0 Å². The maximum Gasteiger partial charge on any atom is 0.259 e. The summed E-state index contributed by atoms with van der Waals surface area (Å²) in [6.45, 7) is 22.1. The Morgan fingerprint density at radius 2 is 1.48 bits per heavy atom. The second-order valence-corrected chi connectivity index (χ2v) is 15.9. The summed E-state index contributed by atoms with van der Waals surface area (Å²) in [5.74, 6) is 0.215. The van der Waals surface area contributed by atoms with Crippen LogP contribution in [0.25, 0.3) is 10.4 Å². The van der Waals surface area contributed by atoms with Crippen LogP contribution in [0.3, 0.4) is 0 Å². The quantitative estimate of drug-likeness (QED) is 0.0759. The highest BCUT2D eigenvalue weighted by Gasteiger charge is 2.27. The molecule has 0 saturated carbocycles. The van der Waals surface area contributed by atoms with Gasteiger partial charge in [0.25, 0.3) is 8.53 Å². The Morgan fingerprint density at radius 1 is 0.885 bits per heavy atom. The van der Waals surface area contributed by atoms with E-state index in [2.05, 4.69) is 153 Å². The number of nitrogens with zero attached hydrogens (tertiary/aromatic N) is 6. The van der Waals surface area contributed by atoms with Crippen molar-refractivity contribution in [2.24, 2.45) is 0 Å². The Balaban J connectivity index is 1.34. The molecule has 1 unspecified atom stereocenters. The lowest BCUT2D eigenvalue weighted by Crippen LogP contribution is -2.48. The second-order valence-electron chi connectivity index (χ2n) is 14.4. The number of allylic oxidation sites excluding steroid dienone is 5. The summed E-state index contributed by atoms with van der Waals surface area (Å²) < 4.78 is 16.6. The van der Waals surface area contributed by atoms with E-state index < -0.39 is 8.53 Å². The van der Waals surface area contributed by atoms with E-state index in [1.165, 1.54) is 44.9 Å². The molecule has 1 aliphatic carbocycles. The number of amides is 1. The highest BCUT2D eigenvalue weighted by atomic mass is 31.2. The molecule has 10 heteroatoms. The smallest absolute Gasteiger partial charge is 0.259 e. The number of anilines is 2. The number of rotatable bonds is 16. The van der Waals surface area contributed by atoms with E-state index in [1.807, 2.05) is 4.90 Å². The van der Waals surface area contributed by atoms with E-state index in [9.17, 15) is 4.79 Å². The lowest BCUT2D eigenvalue weighted by molar-refractivity contribution is -0.463. The normalized spacial score (nSPS) is 16.4. The van der Waals surface area contributed by atoms with Gasteiger partial charge in [-0.15, -0.1) is 0 Å². The highest BCUT2D eigenvalue weighted by molar-refractivity contribution is 7.44. The van der Waals surface area contributed by atoms with Crippen molar-refractivity contribution < 1.29 is 18.4 Å². The summed E-state index contributed by atoms with van der Waals surface area (Å²) in [6, 6.07) is 18.3. The van der Waals surface area contributed by atoms with Gasteiger partial charge < -0.3 is 28.6 Å². The molecule has 0 spiro atoms.